The first-order valence-corrected chi connectivity index (χ1v) is 7.01. The second-order valence-electron chi connectivity index (χ2n) is 3.96. The van der Waals surface area contributed by atoms with Crippen LogP contribution in [0, 0.1) is 0 Å². The largest absolute Gasteiger partial charge is 0.317 e. The molecule has 0 aliphatic heterocycles. The molecule has 86 valence electrons. The van der Waals surface area contributed by atoms with Gasteiger partial charge in [-0.05, 0) is 65.0 Å². The van der Waals surface area contributed by atoms with Crippen molar-refractivity contribution in [3.05, 3.63) is 0 Å². The van der Waals surface area contributed by atoms with Crippen molar-refractivity contribution in [3.63, 3.8) is 0 Å². The lowest BCUT2D eigenvalue weighted by atomic mass is 10.2. The average Bonchev–Trinajstić information content (AvgIpc) is 2.15. The van der Waals surface area contributed by atoms with Crippen molar-refractivity contribution in [1.29, 1.82) is 0 Å². The summed E-state index contributed by atoms with van der Waals surface area (Å²) in [5.41, 5.74) is 0. The maximum absolute atomic E-state index is 3.48. The minimum Gasteiger partial charge on any atom is -0.317 e. The predicted molar refractivity (Wildman–Crippen MR) is 68.3 cm³/mol. The van der Waals surface area contributed by atoms with E-state index in [1.807, 2.05) is 11.8 Å². The summed E-state index contributed by atoms with van der Waals surface area (Å²) in [5.74, 6) is 1.32. The highest BCUT2D eigenvalue weighted by atomic mass is 32.2. The summed E-state index contributed by atoms with van der Waals surface area (Å²) in [6.45, 7) is 3.56. The van der Waals surface area contributed by atoms with Crippen LogP contribution in [-0.2, 0) is 0 Å². The van der Waals surface area contributed by atoms with Gasteiger partial charge in [0.05, 0.1) is 0 Å². The summed E-state index contributed by atoms with van der Waals surface area (Å²) in [6, 6.07) is 0. The van der Waals surface area contributed by atoms with Gasteiger partial charge in [-0.25, -0.2) is 0 Å². The van der Waals surface area contributed by atoms with Crippen LogP contribution in [0.2, 0.25) is 0 Å². The number of unbranched alkanes of at least 4 members (excludes halogenated alkanes) is 2. The molecule has 2 nitrogen and oxygen atoms in total. The number of thioether (sulfide) groups is 1. The minimum absolute atomic E-state index is 1.17. The number of hydrogen-bond acceptors (Lipinski definition) is 3. The van der Waals surface area contributed by atoms with E-state index in [1.165, 1.54) is 51.1 Å². The van der Waals surface area contributed by atoms with E-state index >= 15 is 0 Å². The number of hydrogen-bond donors (Lipinski definition) is 1. The van der Waals surface area contributed by atoms with Crippen LogP contribution in [0.15, 0.2) is 0 Å². The van der Waals surface area contributed by atoms with E-state index in [2.05, 4.69) is 30.6 Å². The number of rotatable bonds is 10. The van der Waals surface area contributed by atoms with Crippen LogP contribution in [0.25, 0.3) is 0 Å². The molecule has 0 aliphatic rings. The fraction of sp³-hybridized carbons (Fsp3) is 1.00. The van der Waals surface area contributed by atoms with Gasteiger partial charge in [-0.15, -0.1) is 0 Å². The van der Waals surface area contributed by atoms with Gasteiger partial charge in [0, 0.05) is 0 Å². The van der Waals surface area contributed by atoms with E-state index in [4.69, 9.17) is 0 Å². The van der Waals surface area contributed by atoms with Crippen LogP contribution in [0.1, 0.15) is 25.7 Å². The maximum atomic E-state index is 3.48. The molecule has 0 saturated carbocycles. The highest BCUT2D eigenvalue weighted by Gasteiger charge is 1.91. The Labute approximate surface area is 93.8 Å². The van der Waals surface area contributed by atoms with Gasteiger partial charge in [0.15, 0.2) is 0 Å². The van der Waals surface area contributed by atoms with Gasteiger partial charge in [0.25, 0.3) is 0 Å². The van der Waals surface area contributed by atoms with Crippen molar-refractivity contribution in [2.24, 2.45) is 0 Å². The van der Waals surface area contributed by atoms with Crippen molar-refractivity contribution < 1.29 is 0 Å². The van der Waals surface area contributed by atoms with Crippen LogP contribution in [0.3, 0.4) is 0 Å². The molecule has 0 spiro atoms. The fourth-order valence-corrected chi connectivity index (χ4v) is 1.81. The van der Waals surface area contributed by atoms with Gasteiger partial charge in [0.2, 0.25) is 0 Å². The summed E-state index contributed by atoms with van der Waals surface area (Å²) in [7, 11) is 4.25. The summed E-state index contributed by atoms with van der Waals surface area (Å²) in [6.07, 6.45) is 7.53. The van der Waals surface area contributed by atoms with E-state index < -0.39 is 0 Å². The lowest BCUT2D eigenvalue weighted by Gasteiger charge is -2.09. The second kappa shape index (κ2) is 11.3. The summed E-state index contributed by atoms with van der Waals surface area (Å²) in [4.78, 5) is 2.24. The van der Waals surface area contributed by atoms with Gasteiger partial charge >= 0.3 is 0 Å². The first-order chi connectivity index (χ1) is 6.77. The monoisotopic (exact) mass is 218 g/mol. The van der Waals surface area contributed by atoms with Gasteiger partial charge in [-0.2, -0.15) is 11.8 Å². The molecule has 0 bridgehead atoms. The van der Waals surface area contributed by atoms with E-state index in [0.717, 1.165) is 0 Å². The van der Waals surface area contributed by atoms with E-state index in [1.54, 1.807) is 0 Å². The zero-order chi connectivity index (χ0) is 10.6. The molecule has 0 aromatic rings. The Balaban J connectivity index is 2.85. The Morgan fingerprint density at radius 3 is 2.36 bits per heavy atom. The number of nitrogens with one attached hydrogen (secondary N) is 1. The van der Waals surface area contributed by atoms with Crippen molar-refractivity contribution in [2.45, 2.75) is 25.7 Å². The molecule has 3 heteroatoms. The quantitative estimate of drug-likeness (QED) is 0.565. The molecule has 0 amide bonds. The first kappa shape index (κ1) is 14.3. The van der Waals surface area contributed by atoms with Crippen LogP contribution in [-0.4, -0.2) is 50.6 Å². The molecular formula is C11H26N2S. The standard InChI is InChI=1S/C11H26N2S/c1-13(2)10-7-9-12-8-5-4-6-11-14-3/h12H,4-11H2,1-3H3. The van der Waals surface area contributed by atoms with Gasteiger partial charge in [0.1, 0.15) is 0 Å². The minimum atomic E-state index is 1.17. The third-order valence-electron chi connectivity index (χ3n) is 2.16. The van der Waals surface area contributed by atoms with E-state index in [-0.39, 0.29) is 0 Å². The Hall–Kier alpha value is 0.270. The van der Waals surface area contributed by atoms with Gasteiger partial charge < -0.3 is 10.2 Å². The lowest BCUT2D eigenvalue weighted by molar-refractivity contribution is 0.394. The second-order valence-corrected chi connectivity index (χ2v) is 4.95. The SMILES string of the molecule is CSCCCCCNCCCN(C)C. The normalized spacial score (nSPS) is 11.1. The van der Waals surface area contributed by atoms with Crippen LogP contribution in [0.5, 0.6) is 0 Å². The summed E-state index contributed by atoms with van der Waals surface area (Å²) < 4.78 is 0. The summed E-state index contributed by atoms with van der Waals surface area (Å²) in [5, 5.41) is 3.48. The third-order valence-corrected chi connectivity index (χ3v) is 2.86. The Morgan fingerprint density at radius 2 is 1.71 bits per heavy atom. The van der Waals surface area contributed by atoms with Crippen molar-refractivity contribution in [3.8, 4) is 0 Å². The molecule has 1 N–H and O–H groups in total. The maximum Gasteiger partial charge on any atom is -0.00127 e. The van der Waals surface area contributed by atoms with Crippen molar-refractivity contribution in [1.82, 2.24) is 10.2 Å². The fourth-order valence-electron chi connectivity index (χ4n) is 1.32. The highest BCUT2D eigenvalue weighted by molar-refractivity contribution is 7.98. The predicted octanol–water partition coefficient (Wildman–Crippen LogP) is 2.06. The molecule has 0 aromatic heterocycles. The van der Waals surface area contributed by atoms with Crippen LogP contribution >= 0.6 is 11.8 Å². The highest BCUT2D eigenvalue weighted by Crippen LogP contribution is 2.01. The Kier molecular flexibility index (Phi) is 11.6. The zero-order valence-electron chi connectivity index (χ0n) is 10.0. The molecule has 0 rings (SSSR count). The summed E-state index contributed by atoms with van der Waals surface area (Å²) >= 11 is 1.95. The van der Waals surface area contributed by atoms with Gasteiger partial charge in [-0.3, -0.25) is 0 Å². The molecule has 0 aliphatic carbocycles. The van der Waals surface area contributed by atoms with Crippen LogP contribution in [0.4, 0.5) is 0 Å². The Bertz CT molecular complexity index is 107. The van der Waals surface area contributed by atoms with Crippen molar-refractivity contribution >= 4 is 11.8 Å². The number of nitrogens with zero attached hydrogens (tertiary/aromatic N) is 1. The molecule has 0 atom stereocenters. The van der Waals surface area contributed by atoms with E-state index in [9.17, 15) is 0 Å². The molecule has 0 aromatic carbocycles. The smallest absolute Gasteiger partial charge is 0.00127 e. The van der Waals surface area contributed by atoms with Crippen LogP contribution < -0.4 is 5.32 Å². The molecule has 0 radical (unpaired) electrons. The topological polar surface area (TPSA) is 15.3 Å². The van der Waals surface area contributed by atoms with Gasteiger partial charge in [-0.1, -0.05) is 6.42 Å². The average molecular weight is 218 g/mol. The van der Waals surface area contributed by atoms with E-state index in [0.29, 0.717) is 0 Å². The van der Waals surface area contributed by atoms with Crippen molar-refractivity contribution in [2.75, 3.05) is 45.7 Å². The molecule has 0 heterocycles. The zero-order valence-corrected chi connectivity index (χ0v) is 10.8. The molecule has 0 unspecified atom stereocenters. The molecule has 0 saturated heterocycles. The third kappa shape index (κ3) is 12.3. The molecule has 0 fully saturated rings. The first-order valence-electron chi connectivity index (χ1n) is 5.61. The lowest BCUT2D eigenvalue weighted by Crippen LogP contribution is -2.22. The Morgan fingerprint density at radius 1 is 1.00 bits per heavy atom. The molecule has 14 heavy (non-hydrogen) atoms. The molecular weight excluding hydrogens is 192 g/mol.